The van der Waals surface area contributed by atoms with Crippen molar-refractivity contribution >= 4 is 17.4 Å². The molecule has 1 nitrogen and oxygen atoms in total. The van der Waals surface area contributed by atoms with Crippen LogP contribution in [0.4, 0.5) is 0 Å². The Morgan fingerprint density at radius 3 is 2.17 bits per heavy atom. The first-order chi connectivity index (χ1) is 14.6. The molecular weight excluding hydrogens is 388 g/mol. The number of hydrogen-bond donors (Lipinski definition) is 0. The van der Waals surface area contributed by atoms with Gasteiger partial charge in [-0.25, -0.2) is 0 Å². The lowest BCUT2D eigenvalue weighted by molar-refractivity contribution is 0.103. The van der Waals surface area contributed by atoms with Crippen molar-refractivity contribution in [2.24, 2.45) is 0 Å². The lowest BCUT2D eigenvalue weighted by atomic mass is 9.97. The highest BCUT2D eigenvalue weighted by molar-refractivity contribution is 6.31. The number of carbonyl (C=O) groups excluding carboxylic acids is 1. The molecule has 0 atom stereocenters. The van der Waals surface area contributed by atoms with E-state index in [2.05, 4.69) is 49.1 Å². The van der Waals surface area contributed by atoms with E-state index in [0.29, 0.717) is 21.7 Å². The van der Waals surface area contributed by atoms with E-state index < -0.39 is 0 Å². The molecule has 4 aromatic rings. The van der Waals surface area contributed by atoms with Crippen LogP contribution >= 0.6 is 11.6 Å². The molecule has 0 aliphatic heterocycles. The van der Waals surface area contributed by atoms with Crippen molar-refractivity contribution in [2.75, 3.05) is 0 Å². The van der Waals surface area contributed by atoms with E-state index in [9.17, 15) is 4.79 Å². The average molecular weight is 407 g/mol. The number of ketones is 1. The predicted molar refractivity (Wildman–Crippen MR) is 124 cm³/mol. The Hall–Kier alpha value is -3.60. The highest BCUT2D eigenvalue weighted by Crippen LogP contribution is 2.24. The Labute approximate surface area is 182 Å². The van der Waals surface area contributed by atoms with Crippen LogP contribution in [-0.2, 0) is 0 Å². The van der Waals surface area contributed by atoms with Gasteiger partial charge >= 0.3 is 0 Å². The summed E-state index contributed by atoms with van der Waals surface area (Å²) in [6.45, 7) is 2.07. The smallest absolute Gasteiger partial charge is 0.194 e. The summed E-state index contributed by atoms with van der Waals surface area (Å²) in [4.78, 5) is 13.0. The molecule has 4 aromatic carbocycles. The Morgan fingerprint density at radius 2 is 1.40 bits per heavy atom. The third kappa shape index (κ3) is 4.35. The minimum absolute atomic E-state index is 0.0887. The lowest BCUT2D eigenvalue weighted by Crippen LogP contribution is -2.04. The molecule has 0 aliphatic rings. The molecule has 2 heteroatoms. The first kappa shape index (κ1) is 19.7. The molecule has 0 unspecified atom stereocenters. The van der Waals surface area contributed by atoms with Gasteiger partial charge in [0.1, 0.15) is 0 Å². The second-order valence-corrected chi connectivity index (χ2v) is 7.48. The van der Waals surface area contributed by atoms with Crippen LogP contribution in [0, 0.1) is 18.8 Å². The highest BCUT2D eigenvalue weighted by atomic mass is 35.5. The third-order valence-corrected chi connectivity index (χ3v) is 5.12. The summed E-state index contributed by atoms with van der Waals surface area (Å²) in [7, 11) is 0. The van der Waals surface area contributed by atoms with Crippen LogP contribution in [0.15, 0.2) is 97.1 Å². The van der Waals surface area contributed by atoms with Gasteiger partial charge in [0.05, 0.1) is 0 Å². The second kappa shape index (κ2) is 8.82. The quantitative estimate of drug-likeness (QED) is 0.266. The van der Waals surface area contributed by atoms with Crippen molar-refractivity contribution in [1.82, 2.24) is 0 Å². The average Bonchev–Trinajstić information content (AvgIpc) is 2.79. The molecule has 0 aliphatic carbocycles. The number of hydrogen-bond acceptors (Lipinski definition) is 1. The second-order valence-electron chi connectivity index (χ2n) is 7.05. The molecule has 0 aromatic heterocycles. The zero-order valence-electron chi connectivity index (χ0n) is 16.5. The van der Waals surface area contributed by atoms with Crippen molar-refractivity contribution in [3.8, 4) is 23.0 Å². The fourth-order valence-corrected chi connectivity index (χ4v) is 3.44. The molecule has 144 valence electrons. The first-order valence-corrected chi connectivity index (χ1v) is 10.1. The Bertz CT molecular complexity index is 1260. The van der Waals surface area contributed by atoms with Gasteiger partial charge in [-0.15, -0.1) is 0 Å². The van der Waals surface area contributed by atoms with Crippen molar-refractivity contribution in [2.45, 2.75) is 6.92 Å². The molecule has 0 amide bonds. The number of halogens is 1. The number of rotatable bonds is 3. The molecule has 0 bridgehead atoms. The number of aryl methyl sites for hydroxylation is 1. The lowest BCUT2D eigenvalue weighted by Gasteiger charge is -2.06. The van der Waals surface area contributed by atoms with Crippen LogP contribution in [-0.4, -0.2) is 5.78 Å². The minimum Gasteiger partial charge on any atom is -0.289 e. The zero-order chi connectivity index (χ0) is 20.9. The Kier molecular flexibility index (Phi) is 5.80. The van der Waals surface area contributed by atoms with E-state index in [4.69, 9.17) is 11.6 Å². The van der Waals surface area contributed by atoms with Crippen LogP contribution < -0.4 is 0 Å². The molecule has 0 saturated heterocycles. The van der Waals surface area contributed by atoms with Gasteiger partial charge in [0.15, 0.2) is 5.78 Å². The van der Waals surface area contributed by atoms with Crippen LogP contribution in [0.1, 0.15) is 32.6 Å². The van der Waals surface area contributed by atoms with Crippen molar-refractivity contribution in [1.29, 1.82) is 0 Å². The van der Waals surface area contributed by atoms with E-state index in [1.807, 2.05) is 36.4 Å². The molecule has 0 heterocycles. The van der Waals surface area contributed by atoms with Gasteiger partial charge in [0.2, 0.25) is 0 Å². The largest absolute Gasteiger partial charge is 0.289 e. The zero-order valence-corrected chi connectivity index (χ0v) is 17.3. The van der Waals surface area contributed by atoms with E-state index in [1.165, 1.54) is 5.56 Å². The van der Waals surface area contributed by atoms with Gasteiger partial charge in [-0.3, -0.25) is 4.79 Å². The van der Waals surface area contributed by atoms with Crippen molar-refractivity contribution < 1.29 is 4.79 Å². The van der Waals surface area contributed by atoms with Gasteiger partial charge in [0, 0.05) is 27.3 Å². The van der Waals surface area contributed by atoms with Gasteiger partial charge in [-0.05, 0) is 42.3 Å². The van der Waals surface area contributed by atoms with E-state index in [-0.39, 0.29) is 5.78 Å². The Morgan fingerprint density at radius 1 is 0.733 bits per heavy atom. The predicted octanol–water partition coefficient (Wildman–Crippen LogP) is 6.95. The SMILES string of the molecule is Cc1ccc(-c2ccccc2C#Cc2ccc(Cl)cc2C(=O)c2ccccc2)cc1. The standard InChI is InChI=1S/C28H19ClO/c1-20-11-13-22(14-12-20)26-10-6-5-7-21(26)15-16-23-17-18-25(29)19-27(23)28(30)24-8-3-2-4-9-24/h2-14,17-19H,1H3. The number of benzene rings is 4. The van der Waals surface area contributed by atoms with E-state index >= 15 is 0 Å². The van der Waals surface area contributed by atoms with Gasteiger partial charge in [0.25, 0.3) is 0 Å². The first-order valence-electron chi connectivity index (χ1n) is 9.69. The molecule has 0 spiro atoms. The minimum atomic E-state index is -0.0887. The fraction of sp³-hybridized carbons (Fsp3) is 0.0357. The Balaban J connectivity index is 1.76. The molecule has 0 fully saturated rings. The van der Waals surface area contributed by atoms with Crippen LogP contribution in [0.2, 0.25) is 5.02 Å². The molecule has 0 N–H and O–H groups in total. The van der Waals surface area contributed by atoms with Gasteiger partial charge in [-0.1, -0.05) is 102 Å². The van der Waals surface area contributed by atoms with E-state index in [0.717, 1.165) is 16.7 Å². The van der Waals surface area contributed by atoms with Crippen LogP contribution in [0.25, 0.3) is 11.1 Å². The van der Waals surface area contributed by atoms with Crippen molar-refractivity contribution in [3.05, 3.63) is 130 Å². The summed E-state index contributed by atoms with van der Waals surface area (Å²) in [6, 6.07) is 30.9. The summed E-state index contributed by atoms with van der Waals surface area (Å²) in [6.07, 6.45) is 0. The van der Waals surface area contributed by atoms with Crippen molar-refractivity contribution in [3.63, 3.8) is 0 Å². The molecule has 0 radical (unpaired) electrons. The summed E-state index contributed by atoms with van der Waals surface area (Å²) < 4.78 is 0. The summed E-state index contributed by atoms with van der Waals surface area (Å²) in [5.74, 6) is 6.37. The summed E-state index contributed by atoms with van der Waals surface area (Å²) >= 11 is 6.18. The van der Waals surface area contributed by atoms with E-state index in [1.54, 1.807) is 30.3 Å². The van der Waals surface area contributed by atoms with Crippen LogP contribution in [0.5, 0.6) is 0 Å². The summed E-state index contributed by atoms with van der Waals surface area (Å²) in [5, 5.41) is 0.514. The van der Waals surface area contributed by atoms with Gasteiger partial charge in [-0.2, -0.15) is 0 Å². The summed E-state index contributed by atoms with van der Waals surface area (Å²) in [5.41, 5.74) is 6.09. The topological polar surface area (TPSA) is 17.1 Å². The molecule has 4 rings (SSSR count). The van der Waals surface area contributed by atoms with Gasteiger partial charge < -0.3 is 0 Å². The normalized spacial score (nSPS) is 10.2. The molecule has 0 saturated carbocycles. The van der Waals surface area contributed by atoms with Crippen LogP contribution in [0.3, 0.4) is 0 Å². The molecule has 30 heavy (non-hydrogen) atoms. The number of carbonyl (C=O) groups is 1. The maximum absolute atomic E-state index is 13.0. The molecular formula is C28H19ClO. The third-order valence-electron chi connectivity index (χ3n) is 4.88. The maximum Gasteiger partial charge on any atom is 0.194 e. The highest BCUT2D eigenvalue weighted by Gasteiger charge is 2.13. The monoisotopic (exact) mass is 406 g/mol. The maximum atomic E-state index is 13.0. The fourth-order valence-electron chi connectivity index (χ4n) is 3.27.